The molecule has 0 atom stereocenters. The van der Waals surface area contributed by atoms with Crippen LogP contribution in [0.15, 0.2) is 29.1 Å². The van der Waals surface area contributed by atoms with Gasteiger partial charge in [0.05, 0.1) is 10.7 Å². The summed E-state index contributed by atoms with van der Waals surface area (Å²) in [5.41, 5.74) is 0.0727. The molecule has 16 heavy (non-hydrogen) atoms. The van der Waals surface area contributed by atoms with Gasteiger partial charge in [-0.15, -0.1) is 6.42 Å². The van der Waals surface area contributed by atoms with Gasteiger partial charge in [-0.3, -0.25) is 0 Å². The molecule has 5 nitrogen and oxygen atoms in total. The minimum Gasteiger partial charge on any atom is -0.244 e. The molecule has 0 N–H and O–H groups in total. The van der Waals surface area contributed by atoms with Crippen molar-refractivity contribution >= 4 is 11.6 Å². The predicted molar refractivity (Wildman–Crippen MR) is 59.5 cm³/mol. The normalized spacial score (nSPS) is 10.0. The Morgan fingerprint density at radius 2 is 2.12 bits per heavy atom. The number of terminal acetylenes is 1. The fourth-order valence-electron chi connectivity index (χ4n) is 1.23. The average Bonchev–Trinajstić information content (AvgIpc) is 2.62. The smallest absolute Gasteiger partial charge is 0.244 e. The Kier molecular flexibility index (Phi) is 2.75. The summed E-state index contributed by atoms with van der Waals surface area (Å²) in [7, 11) is 0. The Morgan fingerprint density at radius 3 is 2.81 bits per heavy atom. The second-order valence-corrected chi connectivity index (χ2v) is 3.39. The van der Waals surface area contributed by atoms with Gasteiger partial charge < -0.3 is 0 Å². The maximum atomic E-state index is 11.8. The second-order valence-electron chi connectivity index (χ2n) is 2.99. The van der Waals surface area contributed by atoms with E-state index in [-0.39, 0.29) is 6.54 Å². The van der Waals surface area contributed by atoms with Crippen LogP contribution in [0, 0.1) is 12.3 Å². The number of para-hydroxylation sites is 1. The molecule has 0 unspecified atom stereocenters. The number of tetrazole rings is 1. The summed E-state index contributed by atoms with van der Waals surface area (Å²) in [4.78, 5) is 11.8. The first-order valence-electron chi connectivity index (χ1n) is 4.45. The molecule has 0 bridgehead atoms. The van der Waals surface area contributed by atoms with Crippen molar-refractivity contribution in [1.29, 1.82) is 0 Å². The summed E-state index contributed by atoms with van der Waals surface area (Å²) in [5, 5.41) is 7.77. The first kappa shape index (κ1) is 10.5. The number of benzene rings is 1. The van der Waals surface area contributed by atoms with Crippen LogP contribution in [-0.2, 0) is 6.54 Å². The number of halogens is 1. The Bertz CT molecular complexity index is 608. The molecule has 0 radical (unpaired) electrons. The molecule has 0 aliphatic rings. The minimum atomic E-state index is -0.411. The van der Waals surface area contributed by atoms with E-state index in [0.717, 1.165) is 9.36 Å². The van der Waals surface area contributed by atoms with Gasteiger partial charge >= 0.3 is 5.69 Å². The van der Waals surface area contributed by atoms with Gasteiger partial charge in [-0.25, -0.2) is 4.79 Å². The average molecular weight is 235 g/mol. The molecular weight excluding hydrogens is 228 g/mol. The van der Waals surface area contributed by atoms with Gasteiger partial charge in [0.15, 0.2) is 0 Å². The molecule has 2 aromatic rings. The zero-order valence-electron chi connectivity index (χ0n) is 8.17. The quantitative estimate of drug-likeness (QED) is 0.720. The molecule has 2 rings (SSSR count). The highest BCUT2D eigenvalue weighted by Gasteiger charge is 2.09. The van der Waals surface area contributed by atoms with Gasteiger partial charge in [-0.05, 0) is 22.6 Å². The third-order valence-electron chi connectivity index (χ3n) is 1.96. The van der Waals surface area contributed by atoms with Crippen LogP contribution < -0.4 is 5.69 Å². The molecule has 0 saturated heterocycles. The molecule has 1 aromatic heterocycles. The summed E-state index contributed by atoms with van der Waals surface area (Å²) in [5.74, 6) is 2.32. The standard InChI is InChI=1S/C10H7ClN4O/c1-2-7-14-10(16)15(13-12-14)9-6-4-3-5-8(9)11/h1,3-6H,7H2. The van der Waals surface area contributed by atoms with E-state index in [1.165, 1.54) is 0 Å². The third kappa shape index (κ3) is 1.71. The SMILES string of the molecule is C#CCn1nnn(-c2ccccc2Cl)c1=O. The van der Waals surface area contributed by atoms with Crippen molar-refractivity contribution in [3.8, 4) is 18.0 Å². The molecule has 0 saturated carbocycles. The lowest BCUT2D eigenvalue weighted by Crippen LogP contribution is -2.24. The van der Waals surface area contributed by atoms with Crippen LogP contribution >= 0.6 is 11.6 Å². The summed E-state index contributed by atoms with van der Waals surface area (Å²) in [6.45, 7) is 0.0866. The summed E-state index contributed by atoms with van der Waals surface area (Å²) >= 11 is 5.94. The third-order valence-corrected chi connectivity index (χ3v) is 2.28. The molecule has 1 aromatic carbocycles. The van der Waals surface area contributed by atoms with Gasteiger partial charge in [0.1, 0.15) is 6.54 Å². The van der Waals surface area contributed by atoms with E-state index in [1.807, 2.05) is 0 Å². The van der Waals surface area contributed by atoms with E-state index in [4.69, 9.17) is 18.0 Å². The summed E-state index contributed by atoms with van der Waals surface area (Å²) in [6, 6.07) is 6.87. The zero-order chi connectivity index (χ0) is 11.5. The minimum absolute atomic E-state index is 0.0866. The van der Waals surface area contributed by atoms with Crippen molar-refractivity contribution in [2.24, 2.45) is 0 Å². The lowest BCUT2D eigenvalue weighted by Gasteiger charge is -1.99. The maximum absolute atomic E-state index is 11.8. The lowest BCUT2D eigenvalue weighted by molar-refractivity contribution is 0.654. The molecule has 80 valence electrons. The monoisotopic (exact) mass is 234 g/mol. The van der Waals surface area contributed by atoms with E-state index in [0.29, 0.717) is 10.7 Å². The molecule has 0 amide bonds. The molecule has 0 aliphatic heterocycles. The van der Waals surface area contributed by atoms with Crippen LogP contribution in [-0.4, -0.2) is 19.8 Å². The van der Waals surface area contributed by atoms with Crippen molar-refractivity contribution in [3.05, 3.63) is 39.8 Å². The van der Waals surface area contributed by atoms with Crippen molar-refractivity contribution in [2.45, 2.75) is 6.54 Å². The fourth-order valence-corrected chi connectivity index (χ4v) is 1.45. The van der Waals surface area contributed by atoms with E-state index in [2.05, 4.69) is 16.3 Å². The first-order chi connectivity index (χ1) is 7.74. The van der Waals surface area contributed by atoms with Crippen molar-refractivity contribution in [1.82, 2.24) is 19.8 Å². The number of hydrogen-bond acceptors (Lipinski definition) is 3. The zero-order valence-corrected chi connectivity index (χ0v) is 8.92. The summed E-state index contributed by atoms with van der Waals surface area (Å²) in [6.07, 6.45) is 5.09. The van der Waals surface area contributed by atoms with Crippen LogP contribution in [0.1, 0.15) is 0 Å². The molecule has 0 aliphatic carbocycles. The number of rotatable bonds is 2. The molecule has 1 heterocycles. The maximum Gasteiger partial charge on any atom is 0.369 e. The van der Waals surface area contributed by atoms with Crippen molar-refractivity contribution in [2.75, 3.05) is 0 Å². The van der Waals surface area contributed by atoms with Gasteiger partial charge in [0.2, 0.25) is 0 Å². The molecule has 0 fully saturated rings. The van der Waals surface area contributed by atoms with Crippen LogP contribution in [0.5, 0.6) is 0 Å². The highest BCUT2D eigenvalue weighted by Crippen LogP contribution is 2.16. The second kappa shape index (κ2) is 4.21. The Balaban J connectivity index is 2.55. The van der Waals surface area contributed by atoms with Crippen LogP contribution in [0.25, 0.3) is 5.69 Å². The van der Waals surface area contributed by atoms with Crippen LogP contribution in [0.4, 0.5) is 0 Å². The summed E-state index contributed by atoms with van der Waals surface area (Å²) < 4.78 is 2.20. The van der Waals surface area contributed by atoms with Gasteiger partial charge in [-0.1, -0.05) is 29.7 Å². The fraction of sp³-hybridized carbons (Fsp3) is 0.100. The van der Waals surface area contributed by atoms with Crippen molar-refractivity contribution in [3.63, 3.8) is 0 Å². The highest BCUT2D eigenvalue weighted by molar-refractivity contribution is 6.32. The highest BCUT2D eigenvalue weighted by atomic mass is 35.5. The van der Waals surface area contributed by atoms with Gasteiger partial charge in [0, 0.05) is 0 Å². The van der Waals surface area contributed by atoms with Crippen LogP contribution in [0.3, 0.4) is 0 Å². The van der Waals surface area contributed by atoms with Crippen molar-refractivity contribution < 1.29 is 0 Å². The topological polar surface area (TPSA) is 52.7 Å². The first-order valence-corrected chi connectivity index (χ1v) is 4.83. The van der Waals surface area contributed by atoms with E-state index in [9.17, 15) is 4.79 Å². The lowest BCUT2D eigenvalue weighted by atomic mass is 10.3. The molecule has 6 heteroatoms. The van der Waals surface area contributed by atoms with Crippen LogP contribution in [0.2, 0.25) is 5.02 Å². The number of hydrogen-bond donors (Lipinski definition) is 0. The van der Waals surface area contributed by atoms with Gasteiger partial charge in [0.25, 0.3) is 0 Å². The Labute approximate surface area is 96.2 Å². The van der Waals surface area contributed by atoms with E-state index < -0.39 is 5.69 Å². The van der Waals surface area contributed by atoms with E-state index in [1.54, 1.807) is 24.3 Å². The van der Waals surface area contributed by atoms with E-state index >= 15 is 0 Å². The molecule has 0 spiro atoms. The Hall–Kier alpha value is -2.06. The van der Waals surface area contributed by atoms with Gasteiger partial charge in [-0.2, -0.15) is 9.36 Å². The number of aromatic nitrogens is 4. The number of nitrogens with zero attached hydrogens (tertiary/aromatic N) is 4. The largest absolute Gasteiger partial charge is 0.369 e. The predicted octanol–water partition coefficient (Wildman–Crippen LogP) is 0.716. The molecular formula is C10H7ClN4O. The Morgan fingerprint density at radius 1 is 1.38 bits per heavy atom.